The highest BCUT2D eigenvalue weighted by Gasteiger charge is 2.24. The van der Waals surface area contributed by atoms with Gasteiger partial charge in [0, 0.05) is 49.0 Å². The van der Waals surface area contributed by atoms with Gasteiger partial charge in [-0.1, -0.05) is 30.3 Å². The number of imidazole rings is 1. The Hall–Kier alpha value is -3.98. The molecule has 5 rings (SSSR count). The van der Waals surface area contributed by atoms with Crippen molar-refractivity contribution >= 4 is 39.1 Å². The molecule has 8 nitrogen and oxygen atoms in total. The Balaban J connectivity index is 1.33. The number of fused-ring (bicyclic) bond motifs is 2. The second kappa shape index (κ2) is 9.71. The van der Waals surface area contributed by atoms with Crippen LogP contribution < -0.4 is 5.32 Å². The molecule has 9 heteroatoms. The third kappa shape index (κ3) is 4.54. The monoisotopic (exact) mass is 486 g/mol. The molecule has 0 fully saturated rings. The maximum atomic E-state index is 13.5. The van der Waals surface area contributed by atoms with Gasteiger partial charge in [-0.15, -0.1) is 11.3 Å². The van der Waals surface area contributed by atoms with Crippen molar-refractivity contribution in [2.24, 2.45) is 0 Å². The van der Waals surface area contributed by atoms with Gasteiger partial charge in [0.1, 0.15) is 11.3 Å². The Kier molecular flexibility index (Phi) is 6.33. The zero-order valence-corrected chi connectivity index (χ0v) is 20.4. The number of H-pyrrole nitrogens is 1. The number of amides is 2. The van der Waals surface area contributed by atoms with E-state index in [9.17, 15) is 9.59 Å². The fourth-order valence-corrected chi connectivity index (χ4v) is 5.17. The number of carbonyl (C=O) groups is 2. The van der Waals surface area contributed by atoms with E-state index in [4.69, 9.17) is 0 Å². The van der Waals surface area contributed by atoms with E-state index in [1.807, 2.05) is 60.3 Å². The van der Waals surface area contributed by atoms with Crippen LogP contribution in [0.4, 0.5) is 0 Å². The molecule has 4 aromatic heterocycles. The largest absolute Gasteiger partial charge is 0.351 e. The molecule has 0 aliphatic heterocycles. The van der Waals surface area contributed by atoms with E-state index in [-0.39, 0.29) is 17.9 Å². The van der Waals surface area contributed by atoms with Gasteiger partial charge < -0.3 is 15.2 Å². The summed E-state index contributed by atoms with van der Waals surface area (Å²) in [6.45, 7) is 2.27. The first-order chi connectivity index (χ1) is 17.0. The molecule has 0 saturated carbocycles. The van der Waals surface area contributed by atoms with Crippen LogP contribution in [0, 0.1) is 6.92 Å². The van der Waals surface area contributed by atoms with Crippen LogP contribution in [-0.2, 0) is 6.42 Å². The van der Waals surface area contributed by atoms with E-state index in [0.717, 1.165) is 15.9 Å². The quantitative estimate of drug-likeness (QED) is 0.345. The van der Waals surface area contributed by atoms with Crippen LogP contribution in [0.5, 0.6) is 0 Å². The van der Waals surface area contributed by atoms with Gasteiger partial charge in [0.05, 0.1) is 11.3 Å². The maximum absolute atomic E-state index is 13.5. The maximum Gasteiger partial charge on any atom is 0.270 e. The minimum Gasteiger partial charge on any atom is -0.351 e. The van der Waals surface area contributed by atoms with Crippen LogP contribution in [0.2, 0.25) is 0 Å². The highest BCUT2D eigenvalue weighted by molar-refractivity contribution is 7.15. The molecule has 0 aliphatic rings. The summed E-state index contributed by atoms with van der Waals surface area (Å²) < 4.78 is 1.82. The summed E-state index contributed by atoms with van der Waals surface area (Å²) in [6, 6.07) is 13.7. The minimum absolute atomic E-state index is 0.0804. The topological polar surface area (TPSA) is 95.4 Å². The number of rotatable bonds is 8. The number of aryl methyl sites for hydroxylation is 1. The Morgan fingerprint density at radius 2 is 2.03 bits per heavy atom. The number of benzene rings is 1. The number of nitrogens with zero attached hydrogens (tertiary/aromatic N) is 4. The van der Waals surface area contributed by atoms with E-state index in [0.29, 0.717) is 42.0 Å². The molecule has 35 heavy (non-hydrogen) atoms. The van der Waals surface area contributed by atoms with E-state index in [1.165, 1.54) is 11.3 Å². The number of pyridine rings is 1. The number of hydrogen-bond donors (Lipinski definition) is 2. The molecule has 2 amide bonds. The standard InChI is InChI=1S/C26H26N6O2S/c1-17-22(32-13-14-35-26(32)30-17)24(33)28-12-10-19(15-18-7-4-3-5-8-18)31(2)25(34)21-16-29-23-20(21)9-6-11-27-23/h3-9,11,13-14,16,19H,10,12,15H2,1-2H3,(H,27,29)(H,28,33)/t19-/m1/s1. The first-order valence-corrected chi connectivity index (χ1v) is 12.3. The fourth-order valence-electron chi connectivity index (χ4n) is 4.41. The molecule has 0 spiro atoms. The summed E-state index contributed by atoms with van der Waals surface area (Å²) in [5.41, 5.74) is 3.67. The predicted octanol–water partition coefficient (Wildman–Crippen LogP) is 4.08. The van der Waals surface area contributed by atoms with Crippen molar-refractivity contribution in [1.82, 2.24) is 29.6 Å². The van der Waals surface area contributed by atoms with Gasteiger partial charge in [-0.2, -0.15) is 0 Å². The zero-order chi connectivity index (χ0) is 24.4. The Morgan fingerprint density at radius 3 is 2.86 bits per heavy atom. The molecule has 5 aromatic rings. The summed E-state index contributed by atoms with van der Waals surface area (Å²) in [7, 11) is 1.82. The molecule has 0 bridgehead atoms. The van der Waals surface area contributed by atoms with E-state index in [1.54, 1.807) is 17.3 Å². The first-order valence-electron chi connectivity index (χ1n) is 11.5. The first kappa shape index (κ1) is 22.8. The molecule has 4 heterocycles. The van der Waals surface area contributed by atoms with Crippen molar-refractivity contribution in [2.75, 3.05) is 13.6 Å². The number of nitrogens with one attached hydrogen (secondary N) is 2. The van der Waals surface area contributed by atoms with Crippen LogP contribution in [0.3, 0.4) is 0 Å². The van der Waals surface area contributed by atoms with Gasteiger partial charge in [-0.3, -0.25) is 14.0 Å². The molecular formula is C26H26N6O2S. The smallest absolute Gasteiger partial charge is 0.270 e. The van der Waals surface area contributed by atoms with E-state index < -0.39 is 0 Å². The number of aromatic amines is 1. The minimum atomic E-state index is -0.163. The van der Waals surface area contributed by atoms with E-state index >= 15 is 0 Å². The lowest BCUT2D eigenvalue weighted by atomic mass is 10.0. The van der Waals surface area contributed by atoms with Gasteiger partial charge in [-0.05, 0) is 37.5 Å². The number of aromatic nitrogens is 4. The fraction of sp³-hybridized carbons (Fsp3) is 0.231. The average Bonchev–Trinajstić information content (AvgIpc) is 3.57. The number of carbonyl (C=O) groups excluding carboxylic acids is 2. The normalized spacial score (nSPS) is 12.2. The summed E-state index contributed by atoms with van der Waals surface area (Å²) in [5.74, 6) is -0.244. The van der Waals surface area contributed by atoms with Crippen LogP contribution >= 0.6 is 11.3 Å². The lowest BCUT2D eigenvalue weighted by Crippen LogP contribution is -2.41. The third-order valence-electron chi connectivity index (χ3n) is 6.28. The van der Waals surface area contributed by atoms with Gasteiger partial charge in [0.15, 0.2) is 4.96 Å². The second-order valence-electron chi connectivity index (χ2n) is 8.51. The third-order valence-corrected chi connectivity index (χ3v) is 7.03. The van der Waals surface area contributed by atoms with E-state index in [2.05, 4.69) is 32.4 Å². The number of likely N-dealkylation sites (N-methyl/N-ethyl adjacent to an activating group) is 1. The molecule has 1 atom stereocenters. The van der Waals surface area contributed by atoms with Crippen molar-refractivity contribution < 1.29 is 9.59 Å². The second-order valence-corrected chi connectivity index (χ2v) is 9.38. The summed E-state index contributed by atoms with van der Waals surface area (Å²) >= 11 is 1.50. The van der Waals surface area contributed by atoms with Gasteiger partial charge in [0.2, 0.25) is 0 Å². The number of thiazole rings is 1. The molecule has 178 valence electrons. The zero-order valence-electron chi connectivity index (χ0n) is 19.6. The highest BCUT2D eigenvalue weighted by atomic mass is 32.1. The molecule has 0 saturated heterocycles. The van der Waals surface area contributed by atoms with Crippen LogP contribution in [0.15, 0.2) is 66.4 Å². The summed E-state index contributed by atoms with van der Waals surface area (Å²) in [5, 5.41) is 5.74. The average molecular weight is 487 g/mol. The lowest BCUT2D eigenvalue weighted by Gasteiger charge is -2.28. The molecule has 0 aliphatic carbocycles. The molecule has 2 N–H and O–H groups in total. The van der Waals surface area contributed by atoms with Crippen molar-refractivity contribution in [1.29, 1.82) is 0 Å². The van der Waals surface area contributed by atoms with Crippen LogP contribution in [-0.4, -0.2) is 55.7 Å². The summed E-state index contributed by atoms with van der Waals surface area (Å²) in [4.78, 5) is 40.8. The highest BCUT2D eigenvalue weighted by Crippen LogP contribution is 2.21. The molecule has 0 radical (unpaired) electrons. The van der Waals surface area contributed by atoms with Crippen LogP contribution in [0.25, 0.3) is 16.0 Å². The van der Waals surface area contributed by atoms with Crippen LogP contribution in [0.1, 0.15) is 38.5 Å². The van der Waals surface area contributed by atoms with Crippen molar-refractivity contribution in [3.8, 4) is 0 Å². The molecular weight excluding hydrogens is 460 g/mol. The number of hydrogen-bond acceptors (Lipinski definition) is 5. The Labute approximate surface area is 206 Å². The van der Waals surface area contributed by atoms with Gasteiger partial charge in [0.25, 0.3) is 11.8 Å². The van der Waals surface area contributed by atoms with Crippen molar-refractivity contribution in [3.05, 3.63) is 88.9 Å². The molecule has 1 aromatic carbocycles. The SMILES string of the molecule is Cc1nc2sccn2c1C(=O)NCC[C@H](Cc1ccccc1)N(C)C(=O)c1c[nH]c2ncccc12. The lowest BCUT2D eigenvalue weighted by molar-refractivity contribution is 0.0725. The Bertz CT molecular complexity index is 1490. The van der Waals surface area contributed by atoms with Gasteiger partial charge >= 0.3 is 0 Å². The van der Waals surface area contributed by atoms with Gasteiger partial charge in [-0.25, -0.2) is 9.97 Å². The van der Waals surface area contributed by atoms with Crippen molar-refractivity contribution in [2.45, 2.75) is 25.8 Å². The summed E-state index contributed by atoms with van der Waals surface area (Å²) in [6.07, 6.45) is 6.56. The van der Waals surface area contributed by atoms with Crippen molar-refractivity contribution in [3.63, 3.8) is 0 Å². The predicted molar refractivity (Wildman–Crippen MR) is 137 cm³/mol. The molecule has 0 unspecified atom stereocenters. The Morgan fingerprint density at radius 1 is 1.20 bits per heavy atom.